The van der Waals surface area contributed by atoms with E-state index in [-0.39, 0.29) is 0 Å². The maximum Gasteiger partial charge on any atom is 0.145 e. The molecule has 0 saturated heterocycles. The number of hydrogen-bond donors (Lipinski definition) is 0. The van der Waals surface area contributed by atoms with Crippen LogP contribution in [0.25, 0.3) is 11.3 Å². The predicted octanol–water partition coefficient (Wildman–Crippen LogP) is 3.88. The monoisotopic (exact) mass is 259 g/mol. The lowest BCUT2D eigenvalue weighted by molar-refractivity contribution is 0.574. The van der Waals surface area contributed by atoms with E-state index in [2.05, 4.69) is 18.1 Å². The first kappa shape index (κ1) is 12.7. The summed E-state index contributed by atoms with van der Waals surface area (Å²) in [5.74, 6) is 0. The summed E-state index contributed by atoms with van der Waals surface area (Å²) in [6, 6.07) is 11.8. The minimum atomic E-state index is 0.435. The van der Waals surface area contributed by atoms with Crippen molar-refractivity contribution < 1.29 is 0 Å². The minimum absolute atomic E-state index is 0.435. The van der Waals surface area contributed by atoms with Crippen LogP contribution in [0.2, 0.25) is 5.15 Å². The van der Waals surface area contributed by atoms with E-state index in [1.165, 1.54) is 0 Å². The molecule has 18 heavy (non-hydrogen) atoms. The van der Waals surface area contributed by atoms with Crippen LogP contribution in [0.5, 0.6) is 0 Å². The second kappa shape index (κ2) is 5.70. The normalized spacial score (nSPS) is 10.3. The molecule has 0 unspecified atom stereocenters. The number of nitrogens with zero attached hydrogens (tertiary/aromatic N) is 3. The Kier molecular flexibility index (Phi) is 4.01. The van der Waals surface area contributed by atoms with E-state index in [9.17, 15) is 5.26 Å². The highest BCUT2D eigenvalue weighted by Gasteiger charge is 2.16. The topological polar surface area (TPSA) is 41.6 Å². The van der Waals surface area contributed by atoms with E-state index in [4.69, 9.17) is 11.6 Å². The van der Waals surface area contributed by atoms with Crippen molar-refractivity contribution in [2.45, 2.75) is 26.3 Å². The third-order valence-corrected chi connectivity index (χ3v) is 3.16. The zero-order valence-electron chi connectivity index (χ0n) is 10.2. The molecule has 1 aromatic heterocycles. The molecule has 0 aliphatic carbocycles. The number of unbranched alkanes of at least 4 members (excludes halogenated alkanes) is 1. The highest BCUT2D eigenvalue weighted by Crippen LogP contribution is 2.28. The first-order valence-electron chi connectivity index (χ1n) is 5.99. The van der Waals surface area contributed by atoms with Gasteiger partial charge >= 0.3 is 0 Å². The molecule has 0 radical (unpaired) electrons. The number of aromatic nitrogens is 2. The molecule has 92 valence electrons. The van der Waals surface area contributed by atoms with Crippen molar-refractivity contribution in [1.82, 2.24) is 9.78 Å². The van der Waals surface area contributed by atoms with Gasteiger partial charge in [-0.3, -0.25) is 4.68 Å². The summed E-state index contributed by atoms with van der Waals surface area (Å²) in [4.78, 5) is 0. The molecule has 1 aromatic carbocycles. The molecular weight excluding hydrogens is 246 g/mol. The Hall–Kier alpha value is -1.79. The summed E-state index contributed by atoms with van der Waals surface area (Å²) in [6.45, 7) is 2.86. The van der Waals surface area contributed by atoms with Gasteiger partial charge in [-0.2, -0.15) is 10.4 Å². The molecule has 0 saturated carbocycles. The average molecular weight is 260 g/mol. The maximum absolute atomic E-state index is 9.21. The van der Waals surface area contributed by atoms with Gasteiger partial charge in [0.2, 0.25) is 0 Å². The molecule has 0 aliphatic heterocycles. The van der Waals surface area contributed by atoms with E-state index >= 15 is 0 Å². The lowest BCUT2D eigenvalue weighted by Crippen LogP contribution is -1.99. The molecule has 0 fully saturated rings. The Bertz CT molecular complexity index is 567. The molecule has 0 aliphatic rings. The van der Waals surface area contributed by atoms with Crippen LogP contribution in [0, 0.1) is 11.3 Å². The molecule has 0 N–H and O–H groups in total. The summed E-state index contributed by atoms with van der Waals surface area (Å²) in [6.07, 6.45) is 2.07. The molecule has 1 heterocycles. The van der Waals surface area contributed by atoms with Crippen LogP contribution in [0.15, 0.2) is 30.3 Å². The summed E-state index contributed by atoms with van der Waals surface area (Å²) >= 11 is 6.19. The van der Waals surface area contributed by atoms with Crippen molar-refractivity contribution in [3.8, 4) is 17.3 Å². The Balaban J connectivity index is 2.45. The largest absolute Gasteiger partial charge is 0.252 e. The summed E-state index contributed by atoms with van der Waals surface area (Å²) in [7, 11) is 0. The van der Waals surface area contributed by atoms with Crippen molar-refractivity contribution in [2.75, 3.05) is 0 Å². The Morgan fingerprint density at radius 3 is 2.67 bits per heavy atom. The Morgan fingerprint density at radius 1 is 1.33 bits per heavy atom. The van der Waals surface area contributed by atoms with Gasteiger partial charge in [-0.15, -0.1) is 0 Å². The van der Waals surface area contributed by atoms with Crippen LogP contribution in [0.3, 0.4) is 0 Å². The van der Waals surface area contributed by atoms with Crippen LogP contribution >= 0.6 is 11.6 Å². The fraction of sp³-hybridized carbons (Fsp3) is 0.286. The molecule has 3 nitrogen and oxygen atoms in total. The molecule has 2 aromatic rings. The van der Waals surface area contributed by atoms with Crippen molar-refractivity contribution in [3.63, 3.8) is 0 Å². The van der Waals surface area contributed by atoms with E-state index < -0.39 is 0 Å². The fourth-order valence-electron chi connectivity index (χ4n) is 1.79. The first-order valence-corrected chi connectivity index (χ1v) is 6.37. The highest BCUT2D eigenvalue weighted by molar-refractivity contribution is 6.31. The van der Waals surface area contributed by atoms with Gasteiger partial charge in [-0.05, 0) is 6.42 Å². The Morgan fingerprint density at radius 2 is 2.06 bits per heavy atom. The molecule has 0 spiro atoms. The van der Waals surface area contributed by atoms with Gasteiger partial charge in [0.15, 0.2) is 0 Å². The number of hydrogen-bond acceptors (Lipinski definition) is 2. The molecule has 0 bridgehead atoms. The number of halogens is 1. The van der Waals surface area contributed by atoms with Gasteiger partial charge in [0.25, 0.3) is 0 Å². The van der Waals surface area contributed by atoms with Crippen LogP contribution in [0.4, 0.5) is 0 Å². The number of nitriles is 1. The zero-order valence-corrected chi connectivity index (χ0v) is 11.0. The highest BCUT2D eigenvalue weighted by atomic mass is 35.5. The predicted molar refractivity (Wildman–Crippen MR) is 72.3 cm³/mol. The van der Waals surface area contributed by atoms with Crippen molar-refractivity contribution >= 4 is 11.6 Å². The second-order valence-electron chi connectivity index (χ2n) is 4.07. The van der Waals surface area contributed by atoms with Crippen molar-refractivity contribution in [1.29, 1.82) is 5.26 Å². The third kappa shape index (κ3) is 2.39. The van der Waals surface area contributed by atoms with Crippen LogP contribution in [-0.4, -0.2) is 9.78 Å². The molecule has 2 rings (SSSR count). The van der Waals surface area contributed by atoms with Gasteiger partial charge in [0.05, 0.1) is 0 Å². The van der Waals surface area contributed by atoms with Crippen LogP contribution in [0.1, 0.15) is 25.3 Å². The van der Waals surface area contributed by atoms with Gasteiger partial charge in [-0.25, -0.2) is 0 Å². The SMILES string of the molecule is CCCCn1nc(-c2ccccc2)c(C#N)c1Cl. The summed E-state index contributed by atoms with van der Waals surface area (Å²) in [5, 5.41) is 14.1. The van der Waals surface area contributed by atoms with E-state index in [1.807, 2.05) is 30.3 Å². The minimum Gasteiger partial charge on any atom is -0.252 e. The first-order chi connectivity index (χ1) is 8.77. The van der Waals surface area contributed by atoms with Gasteiger partial charge in [-0.1, -0.05) is 55.3 Å². The van der Waals surface area contributed by atoms with E-state index in [0.717, 1.165) is 24.9 Å². The smallest absolute Gasteiger partial charge is 0.145 e. The van der Waals surface area contributed by atoms with Gasteiger partial charge in [0, 0.05) is 12.1 Å². The lowest BCUT2D eigenvalue weighted by Gasteiger charge is -2.00. The number of aryl methyl sites for hydroxylation is 1. The van der Waals surface area contributed by atoms with Crippen LogP contribution in [-0.2, 0) is 6.54 Å². The zero-order chi connectivity index (χ0) is 13.0. The molecular formula is C14H14ClN3. The summed E-state index contributed by atoms with van der Waals surface area (Å²) < 4.78 is 1.71. The third-order valence-electron chi connectivity index (χ3n) is 2.77. The number of rotatable bonds is 4. The maximum atomic E-state index is 9.21. The number of benzene rings is 1. The summed E-state index contributed by atoms with van der Waals surface area (Å²) in [5.41, 5.74) is 2.05. The standard InChI is InChI=1S/C14H14ClN3/c1-2-3-9-18-14(15)12(10-16)13(17-18)11-7-5-4-6-8-11/h4-8H,2-3,9H2,1H3. The van der Waals surface area contributed by atoms with E-state index in [0.29, 0.717) is 16.4 Å². The van der Waals surface area contributed by atoms with Crippen molar-refractivity contribution in [3.05, 3.63) is 41.0 Å². The van der Waals surface area contributed by atoms with Crippen LogP contribution < -0.4 is 0 Å². The average Bonchev–Trinajstić information content (AvgIpc) is 2.74. The lowest BCUT2D eigenvalue weighted by atomic mass is 10.1. The molecule has 4 heteroatoms. The van der Waals surface area contributed by atoms with Gasteiger partial charge in [0.1, 0.15) is 22.5 Å². The second-order valence-corrected chi connectivity index (χ2v) is 4.43. The van der Waals surface area contributed by atoms with E-state index in [1.54, 1.807) is 4.68 Å². The molecule has 0 atom stereocenters. The van der Waals surface area contributed by atoms with Gasteiger partial charge < -0.3 is 0 Å². The Labute approximate surface area is 112 Å². The quantitative estimate of drug-likeness (QED) is 0.836. The molecule has 0 amide bonds. The fourth-order valence-corrected chi connectivity index (χ4v) is 2.05. The van der Waals surface area contributed by atoms with Crippen molar-refractivity contribution in [2.24, 2.45) is 0 Å².